The van der Waals surface area contributed by atoms with Gasteiger partial charge in [-0.15, -0.1) is 0 Å². The second-order valence-corrected chi connectivity index (χ2v) is 10.5. The zero-order valence-electron chi connectivity index (χ0n) is 21.0. The van der Waals surface area contributed by atoms with Crippen LogP contribution in [0.3, 0.4) is 0 Å². The van der Waals surface area contributed by atoms with E-state index in [1.165, 1.54) is 6.07 Å². The van der Waals surface area contributed by atoms with Crippen LogP contribution in [0.5, 0.6) is 5.75 Å². The molecular weight excluding hydrogens is 474 g/mol. The molecule has 37 heavy (non-hydrogen) atoms. The van der Waals surface area contributed by atoms with Crippen LogP contribution in [0.2, 0.25) is 0 Å². The molecule has 0 radical (unpaired) electrons. The van der Waals surface area contributed by atoms with Gasteiger partial charge < -0.3 is 20.4 Å². The van der Waals surface area contributed by atoms with Gasteiger partial charge in [0.05, 0.1) is 11.6 Å². The summed E-state index contributed by atoms with van der Waals surface area (Å²) in [5.74, 6) is -6.33. The van der Waals surface area contributed by atoms with Crippen molar-refractivity contribution >= 4 is 23.1 Å². The molecule has 0 unspecified atom stereocenters. The number of hydrogen-bond donors (Lipinski definition) is 4. The molecule has 0 spiro atoms. The molecule has 1 saturated carbocycles. The summed E-state index contributed by atoms with van der Waals surface area (Å²) < 4.78 is 0. The summed E-state index contributed by atoms with van der Waals surface area (Å²) in [5.41, 5.74) is -0.789. The molecule has 3 aliphatic rings. The smallest absolute Gasteiger partial charge is 0.202 e. The molecule has 5 rings (SSSR count). The summed E-state index contributed by atoms with van der Waals surface area (Å²) in [4.78, 5) is 41.4. The van der Waals surface area contributed by atoms with Gasteiger partial charge in [0.15, 0.2) is 17.2 Å². The molecule has 2 aromatic carbocycles. The van der Waals surface area contributed by atoms with Crippen LogP contribution in [0.4, 0.5) is 0 Å². The summed E-state index contributed by atoms with van der Waals surface area (Å²) in [6.45, 7) is 3.04. The molecule has 2 aromatic rings. The van der Waals surface area contributed by atoms with Crippen molar-refractivity contribution in [3.05, 3.63) is 81.6 Å². The Labute approximate surface area is 214 Å². The van der Waals surface area contributed by atoms with Gasteiger partial charge in [0, 0.05) is 23.3 Å². The number of aryl methyl sites for hydroxylation is 1. The molecule has 5 atom stereocenters. The van der Waals surface area contributed by atoms with Gasteiger partial charge in [0.1, 0.15) is 22.8 Å². The van der Waals surface area contributed by atoms with Crippen molar-refractivity contribution in [2.45, 2.75) is 37.8 Å². The molecular formula is C29H29NO7. The number of phenols is 1. The number of hydrogen-bond acceptors (Lipinski definition) is 8. The molecule has 0 saturated heterocycles. The van der Waals surface area contributed by atoms with Gasteiger partial charge in [-0.1, -0.05) is 42.0 Å². The normalized spacial score (nSPS) is 29.2. The lowest BCUT2D eigenvalue weighted by Gasteiger charge is -2.51. The van der Waals surface area contributed by atoms with Crippen molar-refractivity contribution < 1.29 is 34.8 Å². The predicted octanol–water partition coefficient (Wildman–Crippen LogP) is 2.97. The minimum absolute atomic E-state index is 0.0547. The van der Waals surface area contributed by atoms with Crippen LogP contribution >= 0.6 is 0 Å². The fourth-order valence-corrected chi connectivity index (χ4v) is 6.51. The van der Waals surface area contributed by atoms with E-state index in [1.54, 1.807) is 31.1 Å². The van der Waals surface area contributed by atoms with E-state index in [1.807, 2.05) is 31.2 Å². The lowest BCUT2D eigenvalue weighted by atomic mass is 9.54. The van der Waals surface area contributed by atoms with Crippen molar-refractivity contribution in [1.29, 1.82) is 0 Å². The standard InChI is InChI=1S/C29H29NO7/c1-13-8-10-15(11-9-13)21-16-6-5-7-19(32)22(16)25(33)23-17(21)12-18-24(30(3)4)26(34)20(14(2)31)27(35)29(18,37)28(23)36/h5-11,17-18,21,24,32-33,35,37H,12H2,1-4H3/t17-,18+,21-,24+,29-/m1/s1. The Morgan fingerprint density at radius 1 is 1.03 bits per heavy atom. The van der Waals surface area contributed by atoms with Crippen LogP contribution in [0.25, 0.3) is 5.76 Å². The lowest BCUT2D eigenvalue weighted by molar-refractivity contribution is -0.154. The molecule has 0 amide bonds. The number of nitrogens with zero attached hydrogens (tertiary/aromatic N) is 1. The van der Waals surface area contributed by atoms with Gasteiger partial charge in [-0.2, -0.15) is 0 Å². The number of aliphatic hydroxyl groups excluding tert-OH is 2. The van der Waals surface area contributed by atoms with Crippen molar-refractivity contribution in [1.82, 2.24) is 4.90 Å². The molecule has 0 aromatic heterocycles. The van der Waals surface area contributed by atoms with E-state index in [-0.39, 0.29) is 23.3 Å². The highest BCUT2D eigenvalue weighted by Crippen LogP contribution is 2.57. The van der Waals surface area contributed by atoms with Gasteiger partial charge in [0.2, 0.25) is 5.78 Å². The van der Waals surface area contributed by atoms with Crippen molar-refractivity contribution in [3.63, 3.8) is 0 Å². The fourth-order valence-electron chi connectivity index (χ4n) is 6.51. The van der Waals surface area contributed by atoms with Crippen LogP contribution in [0.15, 0.2) is 59.4 Å². The molecule has 3 aliphatic carbocycles. The van der Waals surface area contributed by atoms with Gasteiger partial charge in [-0.05, 0) is 51.6 Å². The Kier molecular flexibility index (Phi) is 5.65. The largest absolute Gasteiger partial charge is 0.508 e. The van der Waals surface area contributed by atoms with E-state index in [4.69, 9.17) is 0 Å². The number of fused-ring (bicyclic) bond motifs is 3. The van der Waals surface area contributed by atoms with E-state index in [0.29, 0.717) is 5.56 Å². The summed E-state index contributed by atoms with van der Waals surface area (Å²) in [6, 6.07) is 11.5. The maximum Gasteiger partial charge on any atom is 0.202 e. The number of ketones is 3. The van der Waals surface area contributed by atoms with Gasteiger partial charge in [-0.3, -0.25) is 19.3 Å². The predicted molar refractivity (Wildman–Crippen MR) is 135 cm³/mol. The average molecular weight is 504 g/mol. The molecule has 0 bridgehead atoms. The van der Waals surface area contributed by atoms with Crippen LogP contribution in [0.1, 0.15) is 41.5 Å². The molecule has 192 valence electrons. The molecule has 8 heteroatoms. The summed E-state index contributed by atoms with van der Waals surface area (Å²) in [7, 11) is 3.23. The number of aromatic hydroxyl groups is 1. The van der Waals surface area contributed by atoms with Gasteiger partial charge >= 0.3 is 0 Å². The maximum atomic E-state index is 14.1. The van der Waals surface area contributed by atoms with E-state index >= 15 is 0 Å². The first-order chi connectivity index (χ1) is 17.4. The highest BCUT2D eigenvalue weighted by Gasteiger charge is 2.65. The van der Waals surface area contributed by atoms with Crippen molar-refractivity contribution in [3.8, 4) is 5.75 Å². The Bertz CT molecular complexity index is 1420. The number of likely N-dealkylation sites (N-methyl/N-ethyl adjacent to an activating group) is 1. The molecule has 1 fully saturated rings. The zero-order chi connectivity index (χ0) is 27.0. The number of benzene rings is 2. The first-order valence-corrected chi connectivity index (χ1v) is 12.2. The minimum atomic E-state index is -2.59. The second-order valence-electron chi connectivity index (χ2n) is 10.5. The summed E-state index contributed by atoms with van der Waals surface area (Å²) >= 11 is 0. The third-order valence-electron chi connectivity index (χ3n) is 8.15. The van der Waals surface area contributed by atoms with E-state index in [0.717, 1.165) is 18.1 Å². The SMILES string of the molecule is CC(=O)C1=C(O)[C@@]2(O)C(=O)C3=C(O)c4c(O)cccc4[C@@H](c4ccc(C)cc4)[C@H]3C[C@H]2[C@H](N(C)C)C1=O. The van der Waals surface area contributed by atoms with Gasteiger partial charge in [-0.25, -0.2) is 0 Å². The van der Waals surface area contributed by atoms with E-state index < -0.39 is 63.8 Å². The highest BCUT2D eigenvalue weighted by atomic mass is 16.3. The first-order valence-electron chi connectivity index (χ1n) is 12.2. The fraction of sp³-hybridized carbons (Fsp3) is 0.345. The Morgan fingerprint density at radius 3 is 2.27 bits per heavy atom. The van der Waals surface area contributed by atoms with Crippen molar-refractivity contribution in [2.24, 2.45) is 11.8 Å². The first kappa shape index (κ1) is 24.9. The second kappa shape index (κ2) is 8.39. The number of rotatable bonds is 3. The van der Waals surface area contributed by atoms with Crippen molar-refractivity contribution in [2.75, 3.05) is 14.1 Å². The number of carbonyl (C=O) groups excluding carboxylic acids is 3. The average Bonchev–Trinajstić information content (AvgIpc) is 2.82. The molecule has 0 heterocycles. The van der Waals surface area contributed by atoms with Crippen LogP contribution in [-0.2, 0) is 14.4 Å². The Hall–Kier alpha value is -3.75. The number of Topliss-reactive ketones (excluding diaryl/α,β-unsaturated/α-hetero) is 3. The number of carbonyl (C=O) groups is 3. The summed E-state index contributed by atoms with van der Waals surface area (Å²) in [5, 5.41) is 45.0. The third kappa shape index (κ3) is 3.32. The number of aliphatic hydroxyl groups is 3. The maximum absolute atomic E-state index is 14.1. The topological polar surface area (TPSA) is 135 Å². The lowest BCUT2D eigenvalue weighted by Crippen LogP contribution is -2.65. The Morgan fingerprint density at radius 2 is 1.68 bits per heavy atom. The van der Waals surface area contributed by atoms with E-state index in [2.05, 4.69) is 0 Å². The molecule has 0 aliphatic heterocycles. The molecule has 8 nitrogen and oxygen atoms in total. The van der Waals surface area contributed by atoms with Gasteiger partial charge in [0.25, 0.3) is 0 Å². The quantitative estimate of drug-likeness (QED) is 0.470. The molecule has 4 N–H and O–H groups in total. The monoisotopic (exact) mass is 503 g/mol. The van der Waals surface area contributed by atoms with Crippen LogP contribution in [0, 0.1) is 18.8 Å². The van der Waals surface area contributed by atoms with E-state index in [9.17, 15) is 34.8 Å². The minimum Gasteiger partial charge on any atom is -0.508 e. The highest BCUT2D eigenvalue weighted by molar-refractivity contribution is 6.25. The third-order valence-corrected chi connectivity index (χ3v) is 8.15. The van der Waals surface area contributed by atoms with Crippen LogP contribution < -0.4 is 0 Å². The number of phenolic OH excluding ortho intramolecular Hbond substituents is 1. The zero-order valence-corrected chi connectivity index (χ0v) is 21.0. The Balaban J connectivity index is 1.81. The summed E-state index contributed by atoms with van der Waals surface area (Å²) in [6.07, 6.45) is 0.0547. The van der Waals surface area contributed by atoms with Crippen LogP contribution in [-0.4, -0.2) is 68.4 Å².